The maximum Gasteiger partial charge on any atom is 1.00 e. The Morgan fingerprint density at radius 3 is 2.10 bits per heavy atom. The zero-order chi connectivity index (χ0) is 7.49. The van der Waals surface area contributed by atoms with Gasteiger partial charge in [-0.05, 0) is 0 Å². The van der Waals surface area contributed by atoms with Gasteiger partial charge in [0.05, 0.1) is 0 Å². The van der Waals surface area contributed by atoms with Crippen molar-refractivity contribution in [2.45, 2.75) is 5.44 Å². The summed E-state index contributed by atoms with van der Waals surface area (Å²) >= 11 is 0. The van der Waals surface area contributed by atoms with E-state index in [1.165, 1.54) is 7.05 Å². The van der Waals surface area contributed by atoms with Crippen LogP contribution in [0.5, 0.6) is 0 Å². The average molecular weight is 240 g/mol. The first-order valence-electron chi connectivity index (χ1n) is 2.18. The van der Waals surface area contributed by atoms with Crippen molar-refractivity contribution in [3.05, 3.63) is 5.32 Å². The first-order valence-corrected chi connectivity index (χ1v) is 3.68. The second kappa shape index (κ2) is 6.18. The van der Waals surface area contributed by atoms with E-state index in [9.17, 15) is 8.42 Å². The van der Waals surface area contributed by atoms with Gasteiger partial charge in [-0.15, -0.1) is 6.54 Å². The Hall–Kier alpha value is 1.64. The molecule has 0 saturated heterocycles. The molecule has 2 N–H and O–H groups in total. The number of rotatable bonds is 3. The van der Waals surface area contributed by atoms with Gasteiger partial charge in [0.15, 0.2) is 5.44 Å². The standard InChI is InChI=1S/C3H8NO4S.Rb/c1-4-2-3(5)9(6,7)8;/h3,5H,2H2,1H3,(H,6,7,8);/q-1;+1. The molecule has 0 aromatic heterocycles. The molecule has 0 aliphatic heterocycles. The third kappa shape index (κ3) is 6.35. The van der Waals surface area contributed by atoms with Crippen LogP contribution in [0, 0.1) is 0 Å². The maximum atomic E-state index is 9.97. The van der Waals surface area contributed by atoms with E-state index in [4.69, 9.17) is 9.66 Å². The van der Waals surface area contributed by atoms with E-state index in [0.29, 0.717) is 0 Å². The predicted molar refractivity (Wildman–Crippen MR) is 31.7 cm³/mol. The average Bonchev–Trinajstić information content (AvgIpc) is 1.64. The summed E-state index contributed by atoms with van der Waals surface area (Å²) in [5, 5.41) is 11.8. The number of hydrogen-bond acceptors (Lipinski definition) is 3. The van der Waals surface area contributed by atoms with Gasteiger partial charge in [0.1, 0.15) is 0 Å². The zero-order valence-electron chi connectivity index (χ0n) is 5.85. The fourth-order valence-electron chi connectivity index (χ4n) is 0.250. The Labute approximate surface area is 109 Å². The van der Waals surface area contributed by atoms with Crippen LogP contribution in [0.2, 0.25) is 0 Å². The molecule has 0 fully saturated rings. The van der Waals surface area contributed by atoms with Gasteiger partial charge >= 0.3 is 58.2 Å². The van der Waals surface area contributed by atoms with Crippen LogP contribution in [0.4, 0.5) is 0 Å². The molecule has 0 aromatic rings. The van der Waals surface area contributed by atoms with Crippen molar-refractivity contribution in [1.29, 1.82) is 0 Å². The molecule has 7 heteroatoms. The molecular weight excluding hydrogens is 232 g/mol. The van der Waals surface area contributed by atoms with E-state index in [1.54, 1.807) is 0 Å². The van der Waals surface area contributed by atoms with Gasteiger partial charge in [-0.3, -0.25) is 4.55 Å². The minimum atomic E-state index is -4.30. The quantitative estimate of drug-likeness (QED) is 0.495. The molecule has 1 unspecified atom stereocenters. The predicted octanol–water partition coefficient (Wildman–Crippen LogP) is -3.80. The van der Waals surface area contributed by atoms with Crippen molar-refractivity contribution in [3.63, 3.8) is 0 Å². The van der Waals surface area contributed by atoms with Crippen molar-refractivity contribution in [2.24, 2.45) is 0 Å². The molecule has 0 rings (SSSR count). The van der Waals surface area contributed by atoms with E-state index >= 15 is 0 Å². The molecule has 0 spiro atoms. The van der Waals surface area contributed by atoms with E-state index in [0.717, 1.165) is 0 Å². The third-order valence-corrected chi connectivity index (χ3v) is 1.52. The van der Waals surface area contributed by atoms with E-state index < -0.39 is 15.6 Å². The van der Waals surface area contributed by atoms with Gasteiger partial charge in [-0.2, -0.15) is 15.5 Å². The third-order valence-electron chi connectivity index (χ3n) is 0.683. The topological polar surface area (TPSA) is 88.7 Å². The van der Waals surface area contributed by atoms with Crippen LogP contribution < -0.4 is 58.2 Å². The SMILES string of the molecule is C[N-]CC(O)S(=O)(=O)O.[Rb+]. The summed E-state index contributed by atoms with van der Waals surface area (Å²) in [7, 11) is -2.96. The number of aliphatic hydroxyl groups excluding tert-OH is 1. The Balaban J connectivity index is 0. The van der Waals surface area contributed by atoms with Crippen LogP contribution >= 0.6 is 0 Å². The van der Waals surface area contributed by atoms with Crippen LogP contribution in [0.15, 0.2) is 0 Å². The molecule has 0 aromatic carbocycles. The van der Waals surface area contributed by atoms with E-state index in [1.807, 2.05) is 0 Å². The molecule has 5 nitrogen and oxygen atoms in total. The van der Waals surface area contributed by atoms with Crippen molar-refractivity contribution in [3.8, 4) is 0 Å². The Morgan fingerprint density at radius 2 is 2.00 bits per heavy atom. The summed E-state index contributed by atoms with van der Waals surface area (Å²) in [5.41, 5.74) is -1.78. The van der Waals surface area contributed by atoms with Crippen LogP contribution in [0.1, 0.15) is 0 Å². The van der Waals surface area contributed by atoms with Crippen LogP contribution in [-0.4, -0.2) is 37.1 Å². The first-order chi connectivity index (χ1) is 3.98. The fourth-order valence-corrected chi connectivity index (χ4v) is 0.588. The first kappa shape index (κ1) is 14.2. The van der Waals surface area contributed by atoms with Gasteiger partial charge in [0.25, 0.3) is 10.1 Å². The molecule has 0 saturated carbocycles. The molecule has 0 heterocycles. The van der Waals surface area contributed by atoms with Gasteiger partial charge < -0.3 is 10.4 Å². The van der Waals surface area contributed by atoms with Gasteiger partial charge in [-0.25, -0.2) is 0 Å². The number of nitrogens with zero attached hydrogens (tertiary/aromatic N) is 1. The molecule has 0 radical (unpaired) electrons. The largest absolute Gasteiger partial charge is 1.00 e. The molecule has 1 atom stereocenters. The summed E-state index contributed by atoms with van der Waals surface area (Å²) < 4.78 is 28.0. The minimum absolute atomic E-state index is 0. The molecule has 0 amide bonds. The van der Waals surface area contributed by atoms with Gasteiger partial charge in [-0.1, -0.05) is 0 Å². The van der Waals surface area contributed by atoms with Crippen LogP contribution in [0.3, 0.4) is 0 Å². The Kier molecular flexibility index (Phi) is 8.77. The summed E-state index contributed by atoms with van der Waals surface area (Å²) in [6.07, 6.45) is 0. The molecule has 0 aliphatic carbocycles. The van der Waals surface area contributed by atoms with Crippen molar-refractivity contribution >= 4 is 10.1 Å². The molecular formula is C3H8NO4RbS. The second-order valence-corrected chi connectivity index (χ2v) is 3.04. The van der Waals surface area contributed by atoms with E-state index in [2.05, 4.69) is 5.32 Å². The number of likely N-dealkylation sites (N-methyl/N-ethyl adjacent to an activating group) is 1. The molecule has 56 valence electrons. The zero-order valence-corrected chi connectivity index (χ0v) is 11.6. The Morgan fingerprint density at radius 1 is 1.60 bits per heavy atom. The van der Waals surface area contributed by atoms with Crippen LogP contribution in [-0.2, 0) is 10.1 Å². The number of hydrogen-bond donors (Lipinski definition) is 2. The van der Waals surface area contributed by atoms with Crippen molar-refractivity contribution < 1.29 is 76.3 Å². The van der Waals surface area contributed by atoms with Crippen molar-refractivity contribution in [1.82, 2.24) is 0 Å². The van der Waals surface area contributed by atoms with Crippen molar-refractivity contribution in [2.75, 3.05) is 13.6 Å². The van der Waals surface area contributed by atoms with Gasteiger partial charge in [0.2, 0.25) is 0 Å². The second-order valence-electron chi connectivity index (χ2n) is 1.47. The fraction of sp³-hybridized carbons (Fsp3) is 1.00. The summed E-state index contributed by atoms with van der Waals surface area (Å²) in [5.74, 6) is 0. The maximum absolute atomic E-state index is 9.97. The van der Waals surface area contributed by atoms with Crippen LogP contribution in [0.25, 0.3) is 5.32 Å². The summed E-state index contributed by atoms with van der Waals surface area (Å²) in [6.45, 7) is -0.293. The number of aliphatic hydroxyl groups is 1. The smallest absolute Gasteiger partial charge is 0.662 e. The summed E-state index contributed by atoms with van der Waals surface area (Å²) in [4.78, 5) is 0. The molecule has 10 heavy (non-hydrogen) atoms. The van der Waals surface area contributed by atoms with Gasteiger partial charge in [0, 0.05) is 0 Å². The molecule has 0 bridgehead atoms. The summed E-state index contributed by atoms with van der Waals surface area (Å²) in [6, 6.07) is 0. The monoisotopic (exact) mass is 239 g/mol. The normalized spacial score (nSPS) is 13.9. The minimum Gasteiger partial charge on any atom is -0.662 e. The Bertz CT molecular complexity index is 167. The van der Waals surface area contributed by atoms with E-state index in [-0.39, 0.29) is 64.7 Å². The molecule has 0 aliphatic rings.